The summed E-state index contributed by atoms with van der Waals surface area (Å²) >= 11 is 0. The largest absolute Gasteiger partial charge is 0.506 e. The zero-order chi connectivity index (χ0) is 5.82. The van der Waals surface area contributed by atoms with E-state index >= 15 is 0 Å². The molecule has 0 aromatic carbocycles. The molecule has 1 rings (SSSR count). The summed E-state index contributed by atoms with van der Waals surface area (Å²) in [5.41, 5.74) is 0. The summed E-state index contributed by atoms with van der Waals surface area (Å²) in [5, 5.41) is 8.75. The molecule has 0 saturated carbocycles. The van der Waals surface area contributed by atoms with Gasteiger partial charge in [0.05, 0.1) is 12.8 Å². The Balaban J connectivity index is 2.73. The van der Waals surface area contributed by atoms with Crippen LogP contribution in [-0.2, 0) is 0 Å². The van der Waals surface area contributed by atoms with E-state index in [1.165, 1.54) is 6.21 Å². The minimum Gasteiger partial charge on any atom is -0.506 e. The maximum atomic E-state index is 8.75. The predicted molar refractivity (Wildman–Crippen MR) is 33.2 cm³/mol. The molecule has 1 aliphatic rings. The van der Waals surface area contributed by atoms with Crippen LogP contribution in [0.4, 0.5) is 0 Å². The fourth-order valence-corrected chi connectivity index (χ4v) is 0.478. The molecule has 0 unspecified atom stereocenters. The molecule has 0 bridgehead atoms. The SMILES string of the molecule is OC1=CC=CCN=C1. The van der Waals surface area contributed by atoms with Crippen LogP contribution in [-0.4, -0.2) is 17.9 Å². The Morgan fingerprint density at radius 1 is 1.62 bits per heavy atom. The van der Waals surface area contributed by atoms with E-state index in [1.54, 1.807) is 12.2 Å². The van der Waals surface area contributed by atoms with Crippen LogP contribution in [0.15, 0.2) is 29.0 Å². The van der Waals surface area contributed by atoms with Gasteiger partial charge in [0.25, 0.3) is 0 Å². The second-order valence-corrected chi connectivity index (χ2v) is 1.51. The van der Waals surface area contributed by atoms with Crippen LogP contribution in [0.1, 0.15) is 0 Å². The van der Waals surface area contributed by atoms with Gasteiger partial charge >= 0.3 is 0 Å². The highest BCUT2D eigenvalue weighted by molar-refractivity contribution is 5.76. The Kier molecular flexibility index (Phi) is 1.47. The molecule has 0 aromatic rings. The second-order valence-electron chi connectivity index (χ2n) is 1.51. The summed E-state index contributed by atoms with van der Waals surface area (Å²) in [7, 11) is 0. The lowest BCUT2D eigenvalue weighted by Gasteiger charge is -1.80. The van der Waals surface area contributed by atoms with Gasteiger partial charge in [-0.15, -0.1) is 0 Å². The zero-order valence-corrected chi connectivity index (χ0v) is 4.41. The number of aliphatic hydroxyl groups excluding tert-OH is 1. The first-order valence-corrected chi connectivity index (χ1v) is 2.45. The van der Waals surface area contributed by atoms with Gasteiger partial charge in [0.15, 0.2) is 0 Å². The molecule has 0 radical (unpaired) electrons. The normalized spacial score (nSPS) is 17.8. The van der Waals surface area contributed by atoms with Crippen LogP contribution in [0, 0.1) is 0 Å². The molecule has 1 heterocycles. The van der Waals surface area contributed by atoms with E-state index in [1.807, 2.05) is 6.08 Å². The Hall–Kier alpha value is -1.05. The Bertz CT molecular complexity index is 156. The fraction of sp³-hybridized carbons (Fsp3) is 0.167. The lowest BCUT2D eigenvalue weighted by atomic mass is 10.4. The molecule has 42 valence electrons. The molecule has 1 N–H and O–H groups in total. The molecule has 2 nitrogen and oxygen atoms in total. The summed E-state index contributed by atoms with van der Waals surface area (Å²) < 4.78 is 0. The molecule has 2 heteroatoms. The maximum Gasteiger partial charge on any atom is 0.133 e. The molecule has 0 amide bonds. The van der Waals surface area contributed by atoms with E-state index in [0.717, 1.165) is 0 Å². The van der Waals surface area contributed by atoms with Crippen LogP contribution in [0.5, 0.6) is 0 Å². The molecule has 1 aliphatic heterocycles. The maximum absolute atomic E-state index is 8.75. The van der Waals surface area contributed by atoms with Gasteiger partial charge in [-0.2, -0.15) is 0 Å². The quantitative estimate of drug-likeness (QED) is 0.495. The average Bonchev–Trinajstić information content (AvgIpc) is 1.94. The number of hydrogen-bond acceptors (Lipinski definition) is 2. The third-order valence-electron chi connectivity index (χ3n) is 0.837. The highest BCUT2D eigenvalue weighted by Gasteiger charge is 1.84. The first-order valence-electron chi connectivity index (χ1n) is 2.45. The monoisotopic (exact) mass is 109 g/mol. The predicted octanol–water partition coefficient (Wildman–Crippen LogP) is 1.07. The summed E-state index contributed by atoms with van der Waals surface area (Å²) in [6, 6.07) is 0. The number of allylic oxidation sites excluding steroid dienone is 3. The fourth-order valence-electron chi connectivity index (χ4n) is 0.478. The molecule has 0 saturated heterocycles. The summed E-state index contributed by atoms with van der Waals surface area (Å²) in [6.07, 6.45) is 6.71. The van der Waals surface area contributed by atoms with E-state index in [4.69, 9.17) is 5.11 Å². The highest BCUT2D eigenvalue weighted by Crippen LogP contribution is 1.89. The summed E-state index contributed by atoms with van der Waals surface area (Å²) in [6.45, 7) is 0.667. The van der Waals surface area contributed by atoms with Gasteiger partial charge < -0.3 is 5.11 Å². The topological polar surface area (TPSA) is 32.6 Å². The first kappa shape index (κ1) is 5.09. The van der Waals surface area contributed by atoms with Crippen molar-refractivity contribution < 1.29 is 5.11 Å². The van der Waals surface area contributed by atoms with E-state index in [9.17, 15) is 0 Å². The first-order chi connectivity index (χ1) is 3.89. The van der Waals surface area contributed by atoms with Crippen LogP contribution in [0.25, 0.3) is 0 Å². The Labute approximate surface area is 47.9 Å². The third kappa shape index (κ3) is 1.22. The van der Waals surface area contributed by atoms with Crippen LogP contribution >= 0.6 is 0 Å². The Morgan fingerprint density at radius 2 is 2.50 bits per heavy atom. The van der Waals surface area contributed by atoms with Gasteiger partial charge in [-0.05, 0) is 6.08 Å². The lowest BCUT2D eigenvalue weighted by molar-refractivity contribution is 0.446. The molecule has 0 fully saturated rings. The van der Waals surface area contributed by atoms with E-state index < -0.39 is 0 Å². The Morgan fingerprint density at radius 3 is 3.38 bits per heavy atom. The number of aliphatic imine (C=N–C) groups is 1. The van der Waals surface area contributed by atoms with Crippen molar-refractivity contribution in [1.82, 2.24) is 0 Å². The van der Waals surface area contributed by atoms with Crippen molar-refractivity contribution in [2.45, 2.75) is 0 Å². The number of rotatable bonds is 0. The average molecular weight is 109 g/mol. The molecular formula is C6H7NO. The highest BCUT2D eigenvalue weighted by atomic mass is 16.3. The van der Waals surface area contributed by atoms with Gasteiger partial charge in [0, 0.05) is 0 Å². The van der Waals surface area contributed by atoms with E-state index in [2.05, 4.69) is 4.99 Å². The smallest absolute Gasteiger partial charge is 0.133 e. The van der Waals surface area contributed by atoms with Crippen LogP contribution in [0.2, 0.25) is 0 Å². The molecule has 8 heavy (non-hydrogen) atoms. The lowest BCUT2D eigenvalue weighted by Crippen LogP contribution is -1.78. The van der Waals surface area contributed by atoms with E-state index in [0.29, 0.717) is 6.54 Å². The standard InChI is InChI=1S/C6H7NO/c8-6-3-1-2-4-7-5-6/h1-3,5,8H,4H2. The van der Waals surface area contributed by atoms with Gasteiger partial charge in [0.2, 0.25) is 0 Å². The minimum absolute atomic E-state index is 0.221. The zero-order valence-electron chi connectivity index (χ0n) is 4.41. The molecule has 0 aliphatic carbocycles. The van der Waals surface area contributed by atoms with Crippen molar-refractivity contribution in [3.05, 3.63) is 24.0 Å². The van der Waals surface area contributed by atoms with Crippen molar-refractivity contribution in [2.24, 2.45) is 4.99 Å². The second kappa shape index (κ2) is 2.31. The van der Waals surface area contributed by atoms with Crippen LogP contribution < -0.4 is 0 Å². The number of hydrogen-bond donors (Lipinski definition) is 1. The minimum atomic E-state index is 0.221. The van der Waals surface area contributed by atoms with Crippen molar-refractivity contribution in [2.75, 3.05) is 6.54 Å². The van der Waals surface area contributed by atoms with Crippen molar-refractivity contribution in [1.29, 1.82) is 0 Å². The van der Waals surface area contributed by atoms with Gasteiger partial charge in [0.1, 0.15) is 5.76 Å². The molecule has 0 spiro atoms. The number of nitrogens with zero attached hydrogens (tertiary/aromatic N) is 1. The molecular weight excluding hydrogens is 102 g/mol. The van der Waals surface area contributed by atoms with Gasteiger partial charge in [-0.3, -0.25) is 4.99 Å². The van der Waals surface area contributed by atoms with Gasteiger partial charge in [-0.25, -0.2) is 0 Å². The van der Waals surface area contributed by atoms with Crippen molar-refractivity contribution in [3.63, 3.8) is 0 Å². The number of aliphatic hydroxyl groups is 1. The molecule has 0 aromatic heterocycles. The van der Waals surface area contributed by atoms with Crippen molar-refractivity contribution >= 4 is 6.21 Å². The third-order valence-corrected chi connectivity index (χ3v) is 0.837. The summed E-state index contributed by atoms with van der Waals surface area (Å²) in [5.74, 6) is 0.221. The molecule has 0 atom stereocenters. The van der Waals surface area contributed by atoms with Gasteiger partial charge in [-0.1, -0.05) is 12.2 Å². The van der Waals surface area contributed by atoms with Crippen LogP contribution in [0.3, 0.4) is 0 Å². The van der Waals surface area contributed by atoms with Crippen molar-refractivity contribution in [3.8, 4) is 0 Å². The van der Waals surface area contributed by atoms with E-state index in [-0.39, 0.29) is 5.76 Å². The summed E-state index contributed by atoms with van der Waals surface area (Å²) in [4.78, 5) is 3.82.